The minimum Gasteiger partial charge on any atom is -0.466 e. The van der Waals surface area contributed by atoms with E-state index < -0.39 is 0 Å². The van der Waals surface area contributed by atoms with Crippen LogP contribution in [0.5, 0.6) is 0 Å². The molecule has 0 bridgehead atoms. The first-order chi connectivity index (χ1) is 10.2. The summed E-state index contributed by atoms with van der Waals surface area (Å²) in [6, 6.07) is 8.66. The smallest absolute Gasteiger partial charge is 0.310 e. The molecule has 1 aromatic carbocycles. The Morgan fingerprint density at radius 1 is 1.36 bits per heavy atom. The molecule has 0 amide bonds. The third-order valence-corrected chi connectivity index (χ3v) is 4.81. The molecule has 1 aromatic rings. The highest BCUT2D eigenvalue weighted by molar-refractivity contribution is 7.99. The summed E-state index contributed by atoms with van der Waals surface area (Å²) in [5.41, 5.74) is 1.30. The molecule has 22 heavy (non-hydrogen) atoms. The van der Waals surface area contributed by atoms with Gasteiger partial charge in [0.15, 0.2) is 0 Å². The average molecular weight is 344 g/mol. The predicted molar refractivity (Wildman–Crippen MR) is 94.9 cm³/mol. The van der Waals surface area contributed by atoms with Crippen LogP contribution >= 0.6 is 24.2 Å². The molecular formula is C17H26ClNO2S. The van der Waals surface area contributed by atoms with Crippen LogP contribution in [0.4, 0.5) is 0 Å². The van der Waals surface area contributed by atoms with Crippen LogP contribution in [0.1, 0.15) is 25.3 Å². The molecule has 5 heteroatoms. The first kappa shape index (κ1) is 19.3. The summed E-state index contributed by atoms with van der Waals surface area (Å²) >= 11 is 1.88. The molecule has 2 rings (SSSR count). The van der Waals surface area contributed by atoms with Gasteiger partial charge in [0, 0.05) is 23.7 Å². The first-order valence-electron chi connectivity index (χ1n) is 7.77. The molecule has 0 radical (unpaired) electrons. The maximum atomic E-state index is 11.8. The zero-order chi connectivity index (χ0) is 15.1. The van der Waals surface area contributed by atoms with Gasteiger partial charge in [0.2, 0.25) is 0 Å². The number of aryl methyl sites for hydroxylation is 1. The Morgan fingerprint density at radius 3 is 2.77 bits per heavy atom. The average Bonchev–Trinajstić information content (AvgIpc) is 2.50. The predicted octanol–water partition coefficient (Wildman–Crippen LogP) is 3.78. The maximum absolute atomic E-state index is 11.8. The second kappa shape index (κ2) is 10.1. The fourth-order valence-corrected chi connectivity index (χ4v) is 3.55. The number of thioether (sulfide) groups is 1. The van der Waals surface area contributed by atoms with E-state index in [-0.39, 0.29) is 24.3 Å². The van der Waals surface area contributed by atoms with Gasteiger partial charge in [-0.2, -0.15) is 0 Å². The number of carbonyl (C=O) groups excluding carboxylic acids is 1. The number of ether oxygens (including phenoxy) is 1. The normalized spacial score (nSPS) is 18.5. The molecule has 1 unspecified atom stereocenters. The van der Waals surface area contributed by atoms with Crippen molar-refractivity contribution >= 4 is 30.1 Å². The van der Waals surface area contributed by atoms with Crippen molar-refractivity contribution in [3.05, 3.63) is 29.8 Å². The highest BCUT2D eigenvalue weighted by Gasteiger charge is 2.26. The number of rotatable bonds is 6. The van der Waals surface area contributed by atoms with Gasteiger partial charge in [-0.1, -0.05) is 17.7 Å². The van der Waals surface area contributed by atoms with E-state index >= 15 is 0 Å². The molecule has 1 aliphatic heterocycles. The topological polar surface area (TPSA) is 29.5 Å². The van der Waals surface area contributed by atoms with Gasteiger partial charge in [0.1, 0.15) is 0 Å². The fourth-order valence-electron chi connectivity index (χ4n) is 2.64. The van der Waals surface area contributed by atoms with Crippen molar-refractivity contribution in [3.63, 3.8) is 0 Å². The van der Waals surface area contributed by atoms with E-state index in [2.05, 4.69) is 36.1 Å². The number of esters is 1. The minimum absolute atomic E-state index is 0. The number of likely N-dealkylation sites (tertiary alicyclic amines) is 1. The number of carbonyl (C=O) groups is 1. The van der Waals surface area contributed by atoms with Crippen LogP contribution < -0.4 is 0 Å². The second-order valence-corrected chi connectivity index (χ2v) is 6.72. The molecule has 1 heterocycles. The molecule has 0 aliphatic carbocycles. The zero-order valence-electron chi connectivity index (χ0n) is 13.4. The zero-order valence-corrected chi connectivity index (χ0v) is 15.0. The van der Waals surface area contributed by atoms with Gasteiger partial charge in [0.25, 0.3) is 0 Å². The van der Waals surface area contributed by atoms with Crippen LogP contribution in [-0.2, 0) is 9.53 Å². The van der Waals surface area contributed by atoms with E-state index in [0.717, 1.165) is 38.2 Å². The molecule has 1 atom stereocenters. The molecule has 1 fully saturated rings. The van der Waals surface area contributed by atoms with E-state index in [4.69, 9.17) is 4.74 Å². The first-order valence-corrected chi connectivity index (χ1v) is 8.76. The van der Waals surface area contributed by atoms with Crippen LogP contribution in [0, 0.1) is 12.8 Å². The summed E-state index contributed by atoms with van der Waals surface area (Å²) in [5, 5.41) is 0. The summed E-state index contributed by atoms with van der Waals surface area (Å²) in [5.74, 6) is 1.12. The van der Waals surface area contributed by atoms with Gasteiger partial charge < -0.3 is 9.64 Å². The highest BCUT2D eigenvalue weighted by atomic mass is 35.5. The van der Waals surface area contributed by atoms with Crippen molar-refractivity contribution in [1.29, 1.82) is 0 Å². The van der Waals surface area contributed by atoms with E-state index in [9.17, 15) is 4.79 Å². The molecule has 0 aromatic heterocycles. The van der Waals surface area contributed by atoms with Crippen molar-refractivity contribution in [3.8, 4) is 0 Å². The van der Waals surface area contributed by atoms with Gasteiger partial charge in [-0.05, 0) is 45.4 Å². The molecular weight excluding hydrogens is 318 g/mol. The standard InChI is InChI=1S/C17H25NO2S.ClH/c1-3-20-17(19)15-5-4-10-18(13-15)11-12-21-16-8-6-14(2)7-9-16;/h6-9,15H,3-5,10-13H2,1-2H3;1H. The monoisotopic (exact) mass is 343 g/mol. The van der Waals surface area contributed by atoms with E-state index in [1.807, 2.05) is 18.7 Å². The van der Waals surface area contributed by atoms with Crippen molar-refractivity contribution in [2.45, 2.75) is 31.6 Å². The quantitative estimate of drug-likeness (QED) is 0.580. The molecule has 0 spiro atoms. The Bertz CT molecular complexity index is 452. The van der Waals surface area contributed by atoms with Gasteiger partial charge in [-0.3, -0.25) is 4.79 Å². The van der Waals surface area contributed by atoms with Gasteiger partial charge in [0.05, 0.1) is 12.5 Å². The number of hydrogen-bond acceptors (Lipinski definition) is 4. The summed E-state index contributed by atoms with van der Waals surface area (Å²) in [6.45, 7) is 7.46. The Kier molecular flexibility index (Phi) is 8.91. The van der Waals surface area contributed by atoms with Crippen LogP contribution in [0.2, 0.25) is 0 Å². The lowest BCUT2D eigenvalue weighted by Crippen LogP contribution is -2.40. The van der Waals surface area contributed by atoms with Crippen molar-refractivity contribution in [1.82, 2.24) is 4.90 Å². The third-order valence-electron chi connectivity index (χ3n) is 3.82. The van der Waals surface area contributed by atoms with E-state index in [0.29, 0.717) is 6.61 Å². The summed E-state index contributed by atoms with van der Waals surface area (Å²) in [4.78, 5) is 15.5. The number of piperidine rings is 1. The van der Waals surface area contributed by atoms with Crippen LogP contribution in [0.3, 0.4) is 0 Å². The van der Waals surface area contributed by atoms with E-state index in [1.54, 1.807) is 0 Å². The van der Waals surface area contributed by atoms with Crippen LogP contribution in [0.15, 0.2) is 29.2 Å². The largest absolute Gasteiger partial charge is 0.466 e. The fraction of sp³-hybridized carbons (Fsp3) is 0.588. The Balaban J connectivity index is 0.00000242. The molecule has 0 saturated carbocycles. The molecule has 0 N–H and O–H groups in total. The number of hydrogen-bond donors (Lipinski definition) is 0. The lowest BCUT2D eigenvalue weighted by atomic mass is 9.98. The lowest BCUT2D eigenvalue weighted by Gasteiger charge is -2.31. The van der Waals surface area contributed by atoms with Crippen molar-refractivity contribution in [2.24, 2.45) is 5.92 Å². The van der Waals surface area contributed by atoms with Gasteiger partial charge in [-0.25, -0.2) is 0 Å². The maximum Gasteiger partial charge on any atom is 0.310 e. The van der Waals surface area contributed by atoms with Gasteiger partial charge >= 0.3 is 5.97 Å². The Morgan fingerprint density at radius 2 is 2.09 bits per heavy atom. The minimum atomic E-state index is -0.0200. The Labute approximate surface area is 144 Å². The summed E-state index contributed by atoms with van der Waals surface area (Å²) < 4.78 is 5.14. The van der Waals surface area contributed by atoms with Gasteiger partial charge in [-0.15, -0.1) is 24.2 Å². The molecule has 1 saturated heterocycles. The Hall–Kier alpha value is -0.710. The molecule has 124 valence electrons. The molecule has 3 nitrogen and oxygen atoms in total. The highest BCUT2D eigenvalue weighted by Crippen LogP contribution is 2.21. The number of nitrogens with zero attached hydrogens (tertiary/aromatic N) is 1. The van der Waals surface area contributed by atoms with Crippen molar-refractivity contribution in [2.75, 3.05) is 32.0 Å². The SMILES string of the molecule is CCOC(=O)C1CCCN(CCSc2ccc(C)cc2)C1.Cl. The summed E-state index contributed by atoms with van der Waals surface area (Å²) in [6.07, 6.45) is 2.07. The molecule has 1 aliphatic rings. The number of benzene rings is 1. The van der Waals surface area contributed by atoms with Crippen LogP contribution in [0.25, 0.3) is 0 Å². The lowest BCUT2D eigenvalue weighted by molar-refractivity contribution is -0.149. The summed E-state index contributed by atoms with van der Waals surface area (Å²) in [7, 11) is 0. The van der Waals surface area contributed by atoms with E-state index in [1.165, 1.54) is 10.5 Å². The van der Waals surface area contributed by atoms with Crippen molar-refractivity contribution < 1.29 is 9.53 Å². The second-order valence-electron chi connectivity index (χ2n) is 5.55. The number of halogens is 1. The third kappa shape index (κ3) is 6.19. The van der Waals surface area contributed by atoms with Crippen LogP contribution in [-0.4, -0.2) is 42.9 Å².